The van der Waals surface area contributed by atoms with Crippen LogP contribution in [-0.4, -0.2) is 73.8 Å². The maximum absolute atomic E-state index is 12.2. The van der Waals surface area contributed by atoms with Crippen LogP contribution in [0.3, 0.4) is 0 Å². The van der Waals surface area contributed by atoms with Gasteiger partial charge in [-0.15, -0.1) is 0 Å². The fraction of sp³-hybridized carbons (Fsp3) is 0.583. The Bertz CT molecular complexity index is 1210. The maximum atomic E-state index is 12.2. The third kappa shape index (κ3) is 3.75. The molecule has 0 radical (unpaired) electrons. The van der Waals surface area contributed by atoms with E-state index < -0.39 is 23.5 Å². The molecule has 1 saturated heterocycles. The molecule has 2 aromatic rings. The number of ether oxygens (including phenoxy) is 3. The highest BCUT2D eigenvalue weighted by atomic mass is 16.7. The number of aryl methyl sites for hydroxylation is 2. The normalized spacial score (nSPS) is 28.2. The Morgan fingerprint density at radius 1 is 1.06 bits per heavy atom. The van der Waals surface area contributed by atoms with Crippen LogP contribution in [0.15, 0.2) is 12.4 Å². The molecule has 3 heterocycles. The number of aromatic nitrogens is 4. The highest BCUT2D eigenvalue weighted by Gasteiger charge is 2.71. The van der Waals surface area contributed by atoms with E-state index in [9.17, 15) is 14.7 Å². The van der Waals surface area contributed by atoms with E-state index >= 15 is 0 Å². The zero-order valence-electron chi connectivity index (χ0n) is 20.8. The number of nitrogens with zero attached hydrogens (tertiary/aromatic N) is 5. The molecule has 2 aromatic heterocycles. The first-order valence-corrected chi connectivity index (χ1v) is 12.2. The zero-order chi connectivity index (χ0) is 25.7. The quantitative estimate of drug-likeness (QED) is 0.537. The summed E-state index contributed by atoms with van der Waals surface area (Å²) in [6, 6.07) is -0.586. The third-order valence-corrected chi connectivity index (χ3v) is 7.16. The Labute approximate surface area is 208 Å². The summed E-state index contributed by atoms with van der Waals surface area (Å²) < 4.78 is 16.5. The van der Waals surface area contributed by atoms with Crippen molar-refractivity contribution in [3.8, 4) is 0 Å². The monoisotopic (exact) mass is 498 g/mol. The SMILES string of the molecule is CCOC(=O)c1cnc(NC2CCC23OC2(O)CCC2N3c2ncc(C(=O)OCC)c(C)n2)nc1C. The molecule has 2 saturated carbocycles. The fourth-order valence-electron chi connectivity index (χ4n) is 5.11. The van der Waals surface area contributed by atoms with E-state index in [1.807, 2.05) is 4.90 Å². The third-order valence-electron chi connectivity index (χ3n) is 7.16. The molecule has 2 aliphatic carbocycles. The van der Waals surface area contributed by atoms with Crippen molar-refractivity contribution in [3.63, 3.8) is 0 Å². The number of carbonyl (C=O) groups excluding carboxylic acids is 2. The molecule has 4 atom stereocenters. The van der Waals surface area contributed by atoms with Crippen LogP contribution in [0.1, 0.15) is 71.6 Å². The predicted molar refractivity (Wildman–Crippen MR) is 126 cm³/mol. The van der Waals surface area contributed by atoms with Crippen molar-refractivity contribution < 1.29 is 28.9 Å². The topological polar surface area (TPSA) is 149 Å². The second-order valence-corrected chi connectivity index (χ2v) is 9.25. The number of rotatable bonds is 7. The molecular formula is C24H30N6O6. The summed E-state index contributed by atoms with van der Waals surface area (Å²) in [5, 5.41) is 14.5. The van der Waals surface area contributed by atoms with Gasteiger partial charge in [0.05, 0.1) is 47.8 Å². The highest BCUT2D eigenvalue weighted by molar-refractivity contribution is 5.90. The Morgan fingerprint density at radius 3 is 2.19 bits per heavy atom. The molecule has 12 nitrogen and oxygen atoms in total. The molecule has 0 aromatic carbocycles. The first kappa shape index (κ1) is 24.3. The molecule has 2 N–H and O–H groups in total. The van der Waals surface area contributed by atoms with Crippen molar-refractivity contribution in [3.05, 3.63) is 34.9 Å². The summed E-state index contributed by atoms with van der Waals surface area (Å²) >= 11 is 0. The van der Waals surface area contributed by atoms with Crippen LogP contribution < -0.4 is 10.2 Å². The number of anilines is 2. The lowest BCUT2D eigenvalue weighted by atomic mass is 9.79. The summed E-state index contributed by atoms with van der Waals surface area (Å²) in [4.78, 5) is 44.1. The molecule has 0 amide bonds. The number of nitrogens with one attached hydrogen (secondary N) is 1. The summed E-state index contributed by atoms with van der Waals surface area (Å²) in [5.41, 5.74) is 0.677. The predicted octanol–water partition coefficient (Wildman–Crippen LogP) is 1.90. The number of esters is 2. The van der Waals surface area contributed by atoms with E-state index in [2.05, 4.69) is 25.3 Å². The molecule has 192 valence electrons. The Hall–Kier alpha value is -3.38. The molecule has 0 bridgehead atoms. The average molecular weight is 499 g/mol. The molecule has 1 spiro atoms. The standard InChI is InChI=1S/C24H30N6O6/c1-5-34-19(31)15-11-25-21(27-13(15)3)29-17-7-9-23(17)30(18-8-10-24(18,33)36-23)22-26-12-16(14(4)28-22)20(32)35-6-2/h11-12,17-18,33H,5-10H2,1-4H3,(H,25,27,29). The van der Waals surface area contributed by atoms with Gasteiger partial charge in [-0.1, -0.05) is 0 Å². The van der Waals surface area contributed by atoms with Gasteiger partial charge in [0.1, 0.15) is 0 Å². The van der Waals surface area contributed by atoms with Gasteiger partial charge in [-0.2, -0.15) is 0 Å². The van der Waals surface area contributed by atoms with Gasteiger partial charge in [0, 0.05) is 18.8 Å². The maximum Gasteiger partial charge on any atom is 0.341 e. The molecule has 4 unspecified atom stereocenters. The zero-order valence-corrected chi connectivity index (χ0v) is 20.8. The summed E-state index contributed by atoms with van der Waals surface area (Å²) in [5.74, 6) is -1.53. The van der Waals surface area contributed by atoms with Crippen molar-refractivity contribution >= 4 is 23.8 Å². The van der Waals surface area contributed by atoms with E-state index in [1.165, 1.54) is 12.4 Å². The summed E-state index contributed by atoms with van der Waals surface area (Å²) in [6.07, 6.45) is 5.50. The van der Waals surface area contributed by atoms with Crippen LogP contribution in [0.5, 0.6) is 0 Å². The number of hydrogen-bond donors (Lipinski definition) is 2. The molecule has 3 fully saturated rings. The van der Waals surface area contributed by atoms with Gasteiger partial charge in [0.15, 0.2) is 11.5 Å². The van der Waals surface area contributed by atoms with Crippen LogP contribution in [0.2, 0.25) is 0 Å². The van der Waals surface area contributed by atoms with Crippen molar-refractivity contribution in [2.24, 2.45) is 0 Å². The second-order valence-electron chi connectivity index (χ2n) is 9.25. The Balaban J connectivity index is 1.42. The minimum Gasteiger partial charge on any atom is -0.462 e. The van der Waals surface area contributed by atoms with Crippen LogP contribution in [0, 0.1) is 13.8 Å². The van der Waals surface area contributed by atoms with Gasteiger partial charge < -0.3 is 29.5 Å². The van der Waals surface area contributed by atoms with Crippen molar-refractivity contribution in [1.82, 2.24) is 19.9 Å². The minimum atomic E-state index is -1.30. The fourth-order valence-corrected chi connectivity index (χ4v) is 5.11. The molecular weight excluding hydrogens is 468 g/mol. The van der Waals surface area contributed by atoms with Gasteiger partial charge in [-0.05, 0) is 47.0 Å². The van der Waals surface area contributed by atoms with Crippen LogP contribution in [0.25, 0.3) is 0 Å². The van der Waals surface area contributed by atoms with E-state index in [0.717, 1.165) is 12.8 Å². The first-order chi connectivity index (χ1) is 17.2. The number of carbonyl (C=O) groups is 2. The lowest BCUT2D eigenvalue weighted by Gasteiger charge is -2.51. The summed E-state index contributed by atoms with van der Waals surface area (Å²) in [6.45, 7) is 7.45. The second kappa shape index (κ2) is 8.93. The van der Waals surface area contributed by atoms with Gasteiger partial charge >= 0.3 is 11.9 Å². The molecule has 36 heavy (non-hydrogen) atoms. The molecule has 1 aliphatic heterocycles. The summed E-state index contributed by atoms with van der Waals surface area (Å²) in [7, 11) is 0. The molecule has 5 rings (SSSR count). The first-order valence-electron chi connectivity index (χ1n) is 12.2. The van der Waals surface area contributed by atoms with Crippen LogP contribution >= 0.6 is 0 Å². The lowest BCUT2D eigenvalue weighted by molar-refractivity contribution is -0.273. The van der Waals surface area contributed by atoms with Crippen molar-refractivity contribution in [2.75, 3.05) is 23.4 Å². The minimum absolute atomic E-state index is 0.258. The van der Waals surface area contributed by atoms with E-state index in [-0.39, 0.29) is 25.3 Å². The number of aliphatic hydroxyl groups is 1. The largest absolute Gasteiger partial charge is 0.462 e. The van der Waals surface area contributed by atoms with E-state index in [0.29, 0.717) is 47.3 Å². The van der Waals surface area contributed by atoms with Crippen LogP contribution in [0.4, 0.5) is 11.9 Å². The van der Waals surface area contributed by atoms with Crippen molar-refractivity contribution in [1.29, 1.82) is 0 Å². The smallest absolute Gasteiger partial charge is 0.341 e. The van der Waals surface area contributed by atoms with Gasteiger partial charge in [-0.25, -0.2) is 29.5 Å². The van der Waals surface area contributed by atoms with Gasteiger partial charge in [-0.3, -0.25) is 0 Å². The molecule has 3 aliphatic rings. The lowest BCUT2D eigenvalue weighted by Crippen LogP contribution is -2.66. The van der Waals surface area contributed by atoms with Crippen LogP contribution in [-0.2, 0) is 14.2 Å². The average Bonchev–Trinajstić information content (AvgIpc) is 3.02. The van der Waals surface area contributed by atoms with Gasteiger partial charge in [0.25, 0.3) is 0 Å². The number of hydrogen-bond acceptors (Lipinski definition) is 12. The molecule has 12 heteroatoms. The van der Waals surface area contributed by atoms with Crippen molar-refractivity contribution in [2.45, 2.75) is 77.0 Å². The van der Waals surface area contributed by atoms with E-state index in [1.54, 1.807) is 27.7 Å². The van der Waals surface area contributed by atoms with Gasteiger partial charge in [0.2, 0.25) is 11.9 Å². The Morgan fingerprint density at radius 2 is 1.69 bits per heavy atom. The highest BCUT2D eigenvalue weighted by Crippen LogP contribution is 2.57. The Kier molecular flexibility index (Phi) is 6.03. The number of fused-ring (bicyclic) bond motifs is 1. The van der Waals surface area contributed by atoms with E-state index in [4.69, 9.17) is 14.2 Å².